The summed E-state index contributed by atoms with van der Waals surface area (Å²) >= 11 is 2.31. The maximum Gasteiger partial charge on any atom is 0.270 e. The smallest absolute Gasteiger partial charge is 0.270 e. The Balaban J connectivity index is 0.000000203. The van der Waals surface area contributed by atoms with Gasteiger partial charge in [0.25, 0.3) is 11.8 Å². The quantitative estimate of drug-likeness (QED) is 0.322. The van der Waals surface area contributed by atoms with E-state index in [-0.39, 0.29) is 23.8 Å². The summed E-state index contributed by atoms with van der Waals surface area (Å²) in [5, 5.41) is 13.2. The molecule has 0 saturated carbocycles. The van der Waals surface area contributed by atoms with E-state index in [1.54, 1.807) is 0 Å². The van der Waals surface area contributed by atoms with Crippen molar-refractivity contribution in [1.29, 1.82) is 0 Å². The Morgan fingerprint density at radius 1 is 0.881 bits per heavy atom. The lowest BCUT2D eigenvalue weighted by molar-refractivity contribution is 0.0975. The lowest BCUT2D eigenvalue weighted by atomic mass is 10.1. The lowest BCUT2D eigenvalue weighted by Gasteiger charge is -2.27. The second-order valence-electron chi connectivity index (χ2n) is 12.2. The number of aliphatic hydroxyl groups is 1. The van der Waals surface area contributed by atoms with Crippen molar-refractivity contribution in [3.05, 3.63) is 0 Å². The Labute approximate surface area is 257 Å². The number of ether oxygens (including phenoxy) is 5. The summed E-state index contributed by atoms with van der Waals surface area (Å²) in [7, 11) is 0. The Morgan fingerprint density at radius 3 is 1.76 bits per heavy atom. The Bertz CT molecular complexity index is 1010. The van der Waals surface area contributed by atoms with Crippen LogP contribution in [0.3, 0.4) is 0 Å². The van der Waals surface area contributed by atoms with Crippen molar-refractivity contribution in [3.8, 4) is 11.8 Å². The molecule has 2 unspecified atom stereocenters. The van der Waals surface area contributed by atoms with Crippen LogP contribution in [0.2, 0.25) is 0 Å². The minimum atomic E-state index is -0.580. The number of hydrogen-bond acceptors (Lipinski definition) is 16. The fraction of sp³-hybridized carbons (Fsp3) is 0.846. The molecule has 2 aromatic rings. The number of hydrogen-bond donors (Lipinski definition) is 3. The molecule has 2 aromatic heterocycles. The number of aliphatic hydroxyl groups excluding tert-OH is 1. The van der Waals surface area contributed by atoms with E-state index in [1.807, 2.05) is 20.8 Å². The van der Waals surface area contributed by atoms with Crippen LogP contribution in [-0.2, 0) is 14.2 Å². The molecule has 5 rings (SSSR count). The summed E-state index contributed by atoms with van der Waals surface area (Å²) in [5.41, 5.74) is 5.33. The van der Waals surface area contributed by atoms with Gasteiger partial charge in [-0.2, -0.15) is 8.75 Å². The van der Waals surface area contributed by atoms with E-state index in [0.29, 0.717) is 38.1 Å². The molecule has 240 valence electrons. The van der Waals surface area contributed by atoms with Gasteiger partial charge in [-0.15, -0.1) is 8.75 Å². The fourth-order valence-corrected chi connectivity index (χ4v) is 4.50. The molecule has 0 amide bonds. The first-order chi connectivity index (χ1) is 19.9. The van der Waals surface area contributed by atoms with E-state index in [1.165, 1.54) is 11.7 Å². The van der Waals surface area contributed by atoms with Crippen LogP contribution in [-0.4, -0.2) is 125 Å². The standard InChI is InChI=1S/C13H24N4O3S.C9H13N3O3S.C4H11N/c1-13(2,3)14-8-10(18)9-20-12-11(15-21-16-12)17-4-6-19-7-5-17;1-3-13-4-2-12(1)8-9(11-16-10-8)15-6-7-5-14-7;1-4(2,3)5/h10,14,18H,4-9H2,1-3H3;7H,1-6H2;5H2,1-3H3. The van der Waals surface area contributed by atoms with Crippen LogP contribution in [0.25, 0.3) is 0 Å². The Morgan fingerprint density at radius 2 is 1.33 bits per heavy atom. The van der Waals surface area contributed by atoms with Gasteiger partial charge < -0.3 is 49.6 Å². The molecule has 0 aliphatic carbocycles. The first-order valence-electron chi connectivity index (χ1n) is 14.3. The van der Waals surface area contributed by atoms with Crippen LogP contribution in [0.5, 0.6) is 11.8 Å². The highest BCUT2D eigenvalue weighted by Crippen LogP contribution is 2.28. The minimum absolute atomic E-state index is 0. The van der Waals surface area contributed by atoms with Crippen LogP contribution in [0, 0.1) is 0 Å². The molecule has 3 saturated heterocycles. The van der Waals surface area contributed by atoms with Gasteiger partial charge in [-0.3, -0.25) is 0 Å². The molecule has 2 atom stereocenters. The maximum atomic E-state index is 9.95. The van der Waals surface area contributed by atoms with Crippen molar-refractivity contribution in [1.82, 2.24) is 22.8 Å². The summed E-state index contributed by atoms with van der Waals surface area (Å²) < 4.78 is 43.8. The second kappa shape index (κ2) is 16.8. The van der Waals surface area contributed by atoms with Crippen molar-refractivity contribution in [2.24, 2.45) is 5.73 Å². The predicted molar refractivity (Wildman–Crippen MR) is 164 cm³/mol. The highest BCUT2D eigenvalue weighted by atomic mass is 32.1. The van der Waals surface area contributed by atoms with Crippen LogP contribution in [0.15, 0.2) is 0 Å². The van der Waals surface area contributed by atoms with Gasteiger partial charge in [0.15, 0.2) is 0 Å². The summed E-state index contributed by atoms with van der Waals surface area (Å²) in [4.78, 5) is 4.25. The average molecular weight is 633 g/mol. The fourth-order valence-electron chi connectivity index (χ4n) is 3.46. The van der Waals surface area contributed by atoms with Crippen LogP contribution < -0.4 is 30.3 Å². The molecule has 0 bridgehead atoms. The normalized spacial score (nSPS) is 19.7. The number of rotatable bonds is 10. The Hall–Kier alpha value is -1.92. The van der Waals surface area contributed by atoms with Crippen LogP contribution in [0.4, 0.5) is 11.6 Å². The zero-order valence-electron chi connectivity index (χ0n) is 25.7. The number of nitrogens with one attached hydrogen (secondary N) is 1. The predicted octanol–water partition coefficient (Wildman–Crippen LogP) is 1.40. The van der Waals surface area contributed by atoms with Gasteiger partial charge in [-0.1, -0.05) is 0 Å². The van der Waals surface area contributed by atoms with Gasteiger partial charge in [0.05, 0.1) is 56.5 Å². The summed E-state index contributed by atoms with van der Waals surface area (Å²) in [5.74, 6) is 2.72. The van der Waals surface area contributed by atoms with Gasteiger partial charge in [0, 0.05) is 43.8 Å². The molecule has 0 radical (unpaired) electrons. The van der Waals surface area contributed by atoms with Gasteiger partial charge in [0.2, 0.25) is 11.6 Å². The van der Waals surface area contributed by atoms with Crippen molar-refractivity contribution in [3.63, 3.8) is 0 Å². The Kier molecular flexibility index (Phi) is 13.8. The van der Waals surface area contributed by atoms with E-state index < -0.39 is 6.10 Å². The van der Waals surface area contributed by atoms with E-state index in [4.69, 9.17) is 29.4 Å². The average Bonchev–Trinajstić information content (AvgIpc) is 3.44. The van der Waals surface area contributed by atoms with Crippen molar-refractivity contribution >= 4 is 35.1 Å². The molecule has 14 nitrogen and oxygen atoms in total. The highest BCUT2D eigenvalue weighted by Gasteiger charge is 2.26. The number of epoxide rings is 1. The first-order valence-corrected chi connectivity index (χ1v) is 15.7. The summed E-state index contributed by atoms with van der Waals surface area (Å²) in [6, 6.07) is 0. The molecule has 16 heteroatoms. The SMILES string of the molecule is C1CN(c2nsnc2OCC2CO2)CCO1.CC(C)(C)N.CC(C)(C)NCC(O)COc1nsnc1N1CCOCC1. The molecular weight excluding hydrogens is 584 g/mol. The molecule has 3 fully saturated rings. The molecule has 4 N–H and O–H groups in total. The molecule has 5 heterocycles. The van der Waals surface area contributed by atoms with Gasteiger partial charge in [-0.25, -0.2) is 0 Å². The minimum Gasteiger partial charge on any atom is -0.472 e. The summed E-state index contributed by atoms with van der Waals surface area (Å²) in [6.07, 6.45) is -0.331. The molecule has 3 aliphatic rings. The number of anilines is 2. The zero-order valence-corrected chi connectivity index (χ0v) is 27.3. The van der Waals surface area contributed by atoms with Gasteiger partial charge in [-0.05, 0) is 41.5 Å². The molecule has 42 heavy (non-hydrogen) atoms. The highest BCUT2D eigenvalue weighted by molar-refractivity contribution is 6.99. The first kappa shape index (κ1) is 34.6. The van der Waals surface area contributed by atoms with Crippen molar-refractivity contribution in [2.75, 3.05) is 88.8 Å². The number of morpholine rings is 2. The third kappa shape index (κ3) is 14.0. The van der Waals surface area contributed by atoms with Crippen molar-refractivity contribution < 1.29 is 28.8 Å². The third-order valence-electron chi connectivity index (χ3n) is 5.59. The van der Waals surface area contributed by atoms with Gasteiger partial charge >= 0.3 is 0 Å². The maximum absolute atomic E-state index is 9.95. The lowest BCUT2D eigenvalue weighted by Crippen LogP contribution is -2.42. The van der Waals surface area contributed by atoms with Crippen LogP contribution >= 0.6 is 23.5 Å². The summed E-state index contributed by atoms with van der Waals surface area (Å²) in [6.45, 7) is 20.2. The van der Waals surface area contributed by atoms with Crippen molar-refractivity contribution in [2.45, 2.75) is 64.8 Å². The monoisotopic (exact) mass is 632 g/mol. The van der Waals surface area contributed by atoms with E-state index in [9.17, 15) is 5.11 Å². The number of nitrogens with zero attached hydrogens (tertiary/aromatic N) is 6. The molecule has 3 aliphatic heterocycles. The van der Waals surface area contributed by atoms with Crippen LogP contribution in [0.1, 0.15) is 41.5 Å². The van der Waals surface area contributed by atoms with E-state index in [0.717, 1.165) is 69.4 Å². The third-order valence-corrected chi connectivity index (χ3v) is 6.60. The number of nitrogens with two attached hydrogens (primary N) is 1. The number of aromatic nitrogens is 4. The second-order valence-corrected chi connectivity index (χ2v) is 13.3. The van der Waals surface area contributed by atoms with E-state index in [2.05, 4.69) is 53.4 Å². The molecule has 0 spiro atoms. The topological polar surface area (TPSA) is 166 Å². The zero-order chi connectivity index (χ0) is 30.6. The van der Waals surface area contributed by atoms with E-state index >= 15 is 0 Å². The number of β-amino-alcohol motifs (C(OH)–C–C–N with tert-alkyl or cyclic N) is 1. The van der Waals surface area contributed by atoms with Gasteiger partial charge in [0.1, 0.15) is 25.4 Å². The molecular formula is C26H48N8O6S2. The largest absolute Gasteiger partial charge is 0.472 e. The molecule has 0 aromatic carbocycles.